The number of hydrogen-bond acceptors (Lipinski definition) is 5. The van der Waals surface area contributed by atoms with E-state index in [-0.39, 0.29) is 43.9 Å². The molecule has 122 valence electrons. The second kappa shape index (κ2) is 5.49. The van der Waals surface area contributed by atoms with Crippen LogP contribution in [0.25, 0.3) is 0 Å². The van der Waals surface area contributed by atoms with Crippen LogP contribution in [-0.4, -0.2) is 62.4 Å². The van der Waals surface area contributed by atoms with E-state index < -0.39 is 37.5 Å². The second-order valence-corrected chi connectivity index (χ2v) is 9.88. The van der Waals surface area contributed by atoms with Gasteiger partial charge in [0.1, 0.15) is 0 Å². The van der Waals surface area contributed by atoms with Crippen molar-refractivity contribution in [1.29, 1.82) is 0 Å². The van der Waals surface area contributed by atoms with Gasteiger partial charge in [-0.1, -0.05) is 0 Å². The van der Waals surface area contributed by atoms with E-state index in [2.05, 4.69) is 4.72 Å². The zero-order chi connectivity index (χ0) is 15.9. The van der Waals surface area contributed by atoms with Crippen LogP contribution in [0.15, 0.2) is 0 Å². The van der Waals surface area contributed by atoms with Crippen molar-refractivity contribution < 1.29 is 26.7 Å². The summed E-state index contributed by atoms with van der Waals surface area (Å²) in [4.78, 5) is 10.9. The molecule has 2 aliphatic rings. The first-order chi connectivity index (χ1) is 9.53. The second-order valence-electron chi connectivity index (χ2n) is 6.02. The Labute approximate surface area is 124 Å². The molecule has 0 amide bonds. The molecular weight excluding hydrogens is 320 g/mol. The zero-order valence-corrected chi connectivity index (χ0v) is 13.4. The zero-order valence-electron chi connectivity index (χ0n) is 11.8. The summed E-state index contributed by atoms with van der Waals surface area (Å²) in [6.45, 7) is 1.85. The molecule has 0 saturated carbocycles. The Balaban J connectivity index is 2.02. The Morgan fingerprint density at radius 2 is 1.90 bits per heavy atom. The van der Waals surface area contributed by atoms with E-state index in [9.17, 15) is 21.6 Å². The lowest BCUT2D eigenvalue weighted by molar-refractivity contribution is -0.142. The number of nitrogens with one attached hydrogen (secondary N) is 1. The number of carboxylic acids is 1. The predicted octanol–water partition coefficient (Wildman–Crippen LogP) is -0.805. The number of carboxylic acid groups (broad SMARTS) is 1. The molecule has 0 aromatic rings. The van der Waals surface area contributed by atoms with Gasteiger partial charge >= 0.3 is 5.97 Å². The molecule has 10 heteroatoms. The van der Waals surface area contributed by atoms with Gasteiger partial charge in [-0.3, -0.25) is 4.79 Å². The molecule has 21 heavy (non-hydrogen) atoms. The van der Waals surface area contributed by atoms with Gasteiger partial charge in [0.15, 0.2) is 9.84 Å². The van der Waals surface area contributed by atoms with Crippen LogP contribution in [0.1, 0.15) is 26.2 Å². The van der Waals surface area contributed by atoms with Gasteiger partial charge in [-0.05, 0) is 26.2 Å². The van der Waals surface area contributed by atoms with Crippen LogP contribution in [0.3, 0.4) is 0 Å². The van der Waals surface area contributed by atoms with E-state index in [1.165, 1.54) is 4.31 Å². The maximum atomic E-state index is 12.3. The molecule has 2 N–H and O–H groups in total. The highest BCUT2D eigenvalue weighted by atomic mass is 32.2. The fraction of sp³-hybridized carbons (Fsp3) is 0.909. The minimum absolute atomic E-state index is 0.0207. The van der Waals surface area contributed by atoms with Gasteiger partial charge in [-0.25, -0.2) is 8.42 Å². The molecule has 1 atom stereocenters. The minimum atomic E-state index is -3.80. The predicted molar refractivity (Wildman–Crippen MR) is 75.7 cm³/mol. The van der Waals surface area contributed by atoms with E-state index >= 15 is 0 Å². The molecule has 0 aromatic heterocycles. The number of rotatable bonds is 4. The summed E-state index contributed by atoms with van der Waals surface area (Å²) in [5.41, 5.74) is -0.985. The van der Waals surface area contributed by atoms with Crippen LogP contribution >= 0.6 is 0 Å². The summed E-state index contributed by atoms with van der Waals surface area (Å²) in [6, 6.07) is 0. The van der Waals surface area contributed by atoms with E-state index in [1.54, 1.807) is 6.92 Å². The van der Waals surface area contributed by atoms with Crippen LogP contribution in [-0.2, 0) is 24.8 Å². The minimum Gasteiger partial charge on any atom is -0.481 e. The lowest BCUT2D eigenvalue weighted by atomic mass is 9.99. The van der Waals surface area contributed by atoms with Crippen molar-refractivity contribution in [1.82, 2.24) is 9.03 Å². The molecule has 2 aliphatic heterocycles. The van der Waals surface area contributed by atoms with Crippen LogP contribution in [0.5, 0.6) is 0 Å². The highest BCUT2D eigenvalue weighted by Crippen LogP contribution is 2.26. The van der Waals surface area contributed by atoms with Gasteiger partial charge in [0.25, 0.3) is 10.2 Å². The standard InChI is InChI=1S/C11H20N2O6S2/c1-11(4-7-20(16,17)8-11)12-21(18,19)13-5-2-9(3-6-13)10(14)15/h9,12H,2-8H2,1H3,(H,14,15). The molecule has 2 heterocycles. The maximum absolute atomic E-state index is 12.3. The summed E-state index contributed by atoms with van der Waals surface area (Å²) in [7, 11) is -7.00. The van der Waals surface area contributed by atoms with Gasteiger partial charge in [-0.2, -0.15) is 17.4 Å². The average Bonchev–Trinajstić information content (AvgIpc) is 2.62. The number of sulfone groups is 1. The molecule has 2 rings (SSSR count). The Bertz CT molecular complexity index is 621. The van der Waals surface area contributed by atoms with Crippen LogP contribution in [0.4, 0.5) is 0 Å². The first-order valence-corrected chi connectivity index (χ1v) is 10.0. The summed E-state index contributed by atoms with van der Waals surface area (Å²) < 4.78 is 51.3. The number of carbonyl (C=O) groups is 1. The van der Waals surface area contributed by atoms with E-state index in [4.69, 9.17) is 5.11 Å². The van der Waals surface area contributed by atoms with E-state index in [1.807, 2.05) is 0 Å². The smallest absolute Gasteiger partial charge is 0.306 e. The van der Waals surface area contributed by atoms with Gasteiger partial charge in [-0.15, -0.1) is 0 Å². The fourth-order valence-electron chi connectivity index (χ4n) is 2.81. The van der Waals surface area contributed by atoms with Crippen molar-refractivity contribution in [2.24, 2.45) is 5.92 Å². The topological polar surface area (TPSA) is 121 Å². The largest absolute Gasteiger partial charge is 0.481 e. The lowest BCUT2D eigenvalue weighted by Crippen LogP contribution is -2.54. The Kier molecular flexibility index (Phi) is 4.35. The van der Waals surface area contributed by atoms with Crippen molar-refractivity contribution in [2.45, 2.75) is 31.7 Å². The molecule has 0 aromatic carbocycles. The van der Waals surface area contributed by atoms with Crippen molar-refractivity contribution in [3.8, 4) is 0 Å². The van der Waals surface area contributed by atoms with Crippen LogP contribution in [0, 0.1) is 5.92 Å². The summed E-state index contributed by atoms with van der Waals surface area (Å²) in [5, 5.41) is 8.91. The molecular formula is C11H20N2O6S2. The quantitative estimate of drug-likeness (QED) is 0.691. The van der Waals surface area contributed by atoms with Crippen LogP contribution < -0.4 is 4.72 Å². The average molecular weight is 340 g/mol. The molecule has 2 fully saturated rings. The summed E-state index contributed by atoms with van der Waals surface area (Å²) in [6.07, 6.45) is 0.788. The normalized spacial score (nSPS) is 31.3. The maximum Gasteiger partial charge on any atom is 0.306 e. The number of aliphatic carboxylic acids is 1. The summed E-state index contributed by atoms with van der Waals surface area (Å²) in [5.74, 6) is -1.65. The number of piperidine rings is 1. The third-order valence-electron chi connectivity index (χ3n) is 4.02. The van der Waals surface area contributed by atoms with Gasteiger partial charge in [0.05, 0.1) is 17.4 Å². The summed E-state index contributed by atoms with van der Waals surface area (Å²) >= 11 is 0. The lowest BCUT2D eigenvalue weighted by Gasteiger charge is -2.33. The highest BCUT2D eigenvalue weighted by molar-refractivity contribution is 7.92. The van der Waals surface area contributed by atoms with E-state index in [0.717, 1.165) is 0 Å². The molecule has 0 aliphatic carbocycles. The molecule has 1 unspecified atom stereocenters. The first kappa shape index (κ1) is 16.7. The molecule has 0 bridgehead atoms. The molecule has 2 saturated heterocycles. The first-order valence-electron chi connectivity index (χ1n) is 6.75. The van der Waals surface area contributed by atoms with Crippen molar-refractivity contribution in [3.05, 3.63) is 0 Å². The molecule has 8 nitrogen and oxygen atoms in total. The van der Waals surface area contributed by atoms with Crippen molar-refractivity contribution in [3.63, 3.8) is 0 Å². The monoisotopic (exact) mass is 340 g/mol. The Hall–Kier alpha value is -0.710. The fourth-order valence-corrected chi connectivity index (χ4v) is 6.61. The van der Waals surface area contributed by atoms with Crippen molar-refractivity contribution in [2.75, 3.05) is 24.6 Å². The Morgan fingerprint density at radius 1 is 1.33 bits per heavy atom. The number of nitrogens with zero attached hydrogens (tertiary/aromatic N) is 1. The number of hydrogen-bond donors (Lipinski definition) is 2. The van der Waals surface area contributed by atoms with Gasteiger partial charge < -0.3 is 5.11 Å². The van der Waals surface area contributed by atoms with Crippen LogP contribution in [0.2, 0.25) is 0 Å². The SMILES string of the molecule is CC1(NS(=O)(=O)N2CCC(C(=O)O)CC2)CCS(=O)(=O)C1. The highest BCUT2D eigenvalue weighted by Gasteiger charge is 2.43. The molecule has 0 radical (unpaired) electrons. The van der Waals surface area contributed by atoms with Gasteiger partial charge in [0.2, 0.25) is 0 Å². The third kappa shape index (κ3) is 3.93. The molecule has 0 spiro atoms. The Morgan fingerprint density at radius 3 is 2.33 bits per heavy atom. The van der Waals surface area contributed by atoms with Gasteiger partial charge in [0, 0.05) is 18.6 Å². The van der Waals surface area contributed by atoms with E-state index in [0.29, 0.717) is 0 Å². The third-order valence-corrected chi connectivity index (χ3v) is 7.72. The van der Waals surface area contributed by atoms with Crippen molar-refractivity contribution >= 4 is 26.0 Å².